The normalized spacial score (nSPS) is 28.8. The van der Waals surface area contributed by atoms with Gasteiger partial charge in [0.15, 0.2) is 5.82 Å². The minimum atomic E-state index is -4.24. The highest BCUT2D eigenvalue weighted by molar-refractivity contribution is 7.52. The minimum Gasteiger partial charge on any atom is -0.460 e. The Morgan fingerprint density at radius 1 is 1.32 bits per heavy atom. The summed E-state index contributed by atoms with van der Waals surface area (Å²) in [4.78, 5) is 16.6. The number of anilines is 1. The highest BCUT2D eigenvalue weighted by atomic mass is 31.2. The Bertz CT molecular complexity index is 1390. The van der Waals surface area contributed by atoms with Gasteiger partial charge in [0.25, 0.3) is 0 Å². The summed E-state index contributed by atoms with van der Waals surface area (Å²) in [6.07, 6.45) is -2.16. The SMILES string of the molecule is C[C@H](NP(=O)(OC[C@@]1(C)O[C@@H](c2ccc3c(N)ncnn23)[C@H](O)[C@@H]1O)Oc1ccccc1)C(=O)O[C@H]1CCNC1. The maximum Gasteiger partial charge on any atom is 0.459 e. The fourth-order valence-corrected chi connectivity index (χ4v) is 6.29. The predicted octanol–water partition coefficient (Wildman–Crippen LogP) is 0.950. The van der Waals surface area contributed by atoms with Gasteiger partial charge in [0.05, 0.1) is 12.3 Å². The van der Waals surface area contributed by atoms with Crippen molar-refractivity contribution in [3.05, 3.63) is 54.5 Å². The van der Waals surface area contributed by atoms with Crippen LogP contribution in [0.15, 0.2) is 48.8 Å². The van der Waals surface area contributed by atoms with Crippen molar-refractivity contribution in [2.45, 2.75) is 56.3 Å². The molecule has 1 aromatic carbocycles. The van der Waals surface area contributed by atoms with Crippen molar-refractivity contribution in [1.29, 1.82) is 0 Å². The first-order valence-electron chi connectivity index (χ1n) is 12.9. The van der Waals surface area contributed by atoms with E-state index in [0.29, 0.717) is 24.2 Å². The van der Waals surface area contributed by atoms with Crippen molar-refractivity contribution in [2.75, 3.05) is 25.4 Å². The van der Waals surface area contributed by atoms with Crippen LogP contribution in [0.3, 0.4) is 0 Å². The average molecular weight is 577 g/mol. The standard InChI is InChI=1S/C25H33N6O8P/c1-15(24(34)37-17-10-11-27-12-17)30-40(35,39-16-6-4-3-5-7-16)36-13-25(2)22(33)20(32)21(38-25)18-8-9-19-23(26)28-14-29-31(18)19/h3-9,14-15,17,20-22,27,32-33H,10-13H2,1-2H3,(H,30,35)(H2,26,28,29)/t15-,17-,20-,21-,22-,25+,40?/m0/s1. The third-order valence-electron chi connectivity index (χ3n) is 6.95. The lowest BCUT2D eigenvalue weighted by Gasteiger charge is -2.30. The van der Waals surface area contributed by atoms with E-state index in [2.05, 4.69) is 20.5 Å². The summed E-state index contributed by atoms with van der Waals surface area (Å²) in [7, 11) is -4.24. The molecule has 2 aromatic heterocycles. The lowest BCUT2D eigenvalue weighted by Crippen LogP contribution is -2.45. The maximum absolute atomic E-state index is 13.9. The third-order valence-corrected chi connectivity index (χ3v) is 8.57. The van der Waals surface area contributed by atoms with E-state index in [1.807, 2.05) is 0 Å². The van der Waals surface area contributed by atoms with Crippen molar-refractivity contribution in [3.63, 3.8) is 0 Å². The molecule has 2 fully saturated rings. The van der Waals surface area contributed by atoms with Gasteiger partial charge in [-0.15, -0.1) is 0 Å². The summed E-state index contributed by atoms with van der Waals surface area (Å²) in [5, 5.41) is 31.8. The van der Waals surface area contributed by atoms with Gasteiger partial charge in [0.1, 0.15) is 53.7 Å². The number of nitrogens with zero attached hydrogens (tertiary/aromatic N) is 3. The molecule has 3 aromatic rings. The Morgan fingerprint density at radius 2 is 2.10 bits per heavy atom. The molecule has 0 saturated carbocycles. The van der Waals surface area contributed by atoms with Gasteiger partial charge in [-0.2, -0.15) is 10.2 Å². The molecule has 15 heteroatoms. The van der Waals surface area contributed by atoms with Crippen LogP contribution < -0.4 is 20.7 Å². The van der Waals surface area contributed by atoms with Gasteiger partial charge in [-0.1, -0.05) is 18.2 Å². The number of hydrogen-bond acceptors (Lipinski definition) is 12. The van der Waals surface area contributed by atoms with Gasteiger partial charge in [-0.25, -0.2) is 14.1 Å². The van der Waals surface area contributed by atoms with E-state index in [4.69, 9.17) is 24.3 Å². The Balaban J connectivity index is 1.33. The smallest absolute Gasteiger partial charge is 0.459 e. The van der Waals surface area contributed by atoms with Crippen molar-refractivity contribution in [2.24, 2.45) is 0 Å². The Kier molecular flexibility index (Phi) is 8.11. The number of para-hydroxylation sites is 1. The van der Waals surface area contributed by atoms with Crippen molar-refractivity contribution in [3.8, 4) is 5.75 Å². The van der Waals surface area contributed by atoms with Gasteiger partial charge in [-0.3, -0.25) is 9.32 Å². The molecule has 0 bridgehead atoms. The third kappa shape index (κ3) is 5.84. The first-order valence-corrected chi connectivity index (χ1v) is 14.4. The number of benzene rings is 1. The van der Waals surface area contributed by atoms with Crippen LogP contribution in [0.2, 0.25) is 0 Å². The van der Waals surface area contributed by atoms with Crippen LogP contribution in [0.1, 0.15) is 32.1 Å². The van der Waals surface area contributed by atoms with E-state index < -0.39 is 50.3 Å². The van der Waals surface area contributed by atoms with Gasteiger partial charge >= 0.3 is 13.7 Å². The molecular weight excluding hydrogens is 543 g/mol. The van der Waals surface area contributed by atoms with Crippen LogP contribution in [-0.2, 0) is 23.4 Å². The van der Waals surface area contributed by atoms with Gasteiger partial charge in [0, 0.05) is 6.54 Å². The number of fused-ring (bicyclic) bond motifs is 1. The second-order valence-electron chi connectivity index (χ2n) is 10.1. The van der Waals surface area contributed by atoms with Crippen molar-refractivity contribution < 1.29 is 38.1 Å². The number of esters is 1. The van der Waals surface area contributed by atoms with Crippen LogP contribution in [-0.4, -0.2) is 80.4 Å². The molecule has 6 N–H and O–H groups in total. The first-order chi connectivity index (χ1) is 19.1. The van der Waals surface area contributed by atoms with Gasteiger partial charge < -0.3 is 35.3 Å². The van der Waals surface area contributed by atoms with E-state index in [-0.39, 0.29) is 17.7 Å². The van der Waals surface area contributed by atoms with Crippen molar-refractivity contribution in [1.82, 2.24) is 25.0 Å². The number of aliphatic hydroxyl groups excluding tert-OH is 2. The molecule has 7 atom stereocenters. The predicted molar refractivity (Wildman–Crippen MR) is 142 cm³/mol. The molecule has 1 unspecified atom stereocenters. The molecule has 0 spiro atoms. The molecule has 0 aliphatic carbocycles. The van der Waals surface area contributed by atoms with E-state index in [1.54, 1.807) is 42.5 Å². The minimum absolute atomic E-state index is 0.228. The molecule has 14 nitrogen and oxygen atoms in total. The largest absolute Gasteiger partial charge is 0.460 e. The number of nitrogens with two attached hydrogens (primary N) is 1. The zero-order valence-electron chi connectivity index (χ0n) is 22.0. The fraction of sp³-hybridized carbons (Fsp3) is 0.480. The Hall–Kier alpha value is -3.10. The number of aromatic nitrogens is 3. The molecule has 2 saturated heterocycles. The molecule has 40 heavy (non-hydrogen) atoms. The summed E-state index contributed by atoms with van der Waals surface area (Å²) in [6.45, 7) is 3.82. The van der Waals surface area contributed by atoms with Gasteiger partial charge in [0.2, 0.25) is 0 Å². The Morgan fingerprint density at radius 3 is 2.83 bits per heavy atom. The van der Waals surface area contributed by atoms with Gasteiger partial charge in [-0.05, 0) is 51.1 Å². The first kappa shape index (κ1) is 28.4. The monoisotopic (exact) mass is 576 g/mol. The number of carbonyl (C=O) groups excluding carboxylic acids is 1. The lowest BCUT2D eigenvalue weighted by molar-refractivity contribution is -0.149. The van der Waals surface area contributed by atoms with E-state index in [0.717, 1.165) is 6.54 Å². The summed E-state index contributed by atoms with van der Waals surface area (Å²) in [5.41, 5.74) is 5.33. The fourth-order valence-electron chi connectivity index (χ4n) is 4.71. The number of nitrogens with one attached hydrogen (secondary N) is 2. The maximum atomic E-state index is 13.9. The number of rotatable bonds is 10. The van der Waals surface area contributed by atoms with E-state index in [1.165, 1.54) is 24.7 Å². The number of hydrogen-bond donors (Lipinski definition) is 5. The van der Waals surface area contributed by atoms with Crippen molar-refractivity contribution >= 4 is 25.1 Å². The molecule has 5 rings (SSSR count). The quantitative estimate of drug-likeness (QED) is 0.169. The second-order valence-corrected chi connectivity index (χ2v) is 11.8. The summed E-state index contributed by atoms with van der Waals surface area (Å²) < 4.78 is 38.4. The van der Waals surface area contributed by atoms with E-state index in [9.17, 15) is 19.6 Å². The molecule has 2 aliphatic rings. The highest BCUT2D eigenvalue weighted by Crippen LogP contribution is 2.48. The van der Waals surface area contributed by atoms with Crippen LogP contribution in [0, 0.1) is 0 Å². The zero-order valence-corrected chi connectivity index (χ0v) is 22.9. The highest BCUT2D eigenvalue weighted by Gasteiger charge is 2.54. The molecular formula is C25H33N6O8P. The number of ether oxygens (including phenoxy) is 2. The van der Waals surface area contributed by atoms with Crippen LogP contribution in [0.25, 0.3) is 5.52 Å². The number of nitrogen functional groups attached to an aromatic ring is 1. The van der Waals surface area contributed by atoms with Crippen LogP contribution in [0.5, 0.6) is 5.75 Å². The topological polar surface area (TPSA) is 192 Å². The van der Waals surface area contributed by atoms with Crippen LogP contribution in [0.4, 0.5) is 5.82 Å². The van der Waals surface area contributed by atoms with Crippen LogP contribution >= 0.6 is 7.75 Å². The molecule has 0 amide bonds. The number of aliphatic hydroxyl groups is 2. The molecule has 0 radical (unpaired) electrons. The lowest BCUT2D eigenvalue weighted by atomic mass is 9.97. The molecule has 4 heterocycles. The summed E-state index contributed by atoms with van der Waals surface area (Å²) in [6, 6.07) is 10.6. The average Bonchev–Trinajstić information content (AvgIpc) is 3.65. The van der Waals surface area contributed by atoms with E-state index >= 15 is 0 Å². The second kappa shape index (κ2) is 11.4. The molecule has 2 aliphatic heterocycles. The summed E-state index contributed by atoms with van der Waals surface area (Å²) >= 11 is 0. The zero-order chi connectivity index (χ0) is 28.5. The summed E-state index contributed by atoms with van der Waals surface area (Å²) in [5.74, 6) is -0.150. The Labute approximate surface area is 230 Å². The number of carbonyl (C=O) groups is 1. The molecule has 216 valence electrons.